The monoisotopic (exact) mass is 1180 g/mol. The van der Waals surface area contributed by atoms with Gasteiger partial charge in [-0.15, -0.1) is 0 Å². The zero-order chi connectivity index (χ0) is 60.0. The van der Waals surface area contributed by atoms with Gasteiger partial charge in [0.1, 0.15) is 62.9 Å². The Morgan fingerprint density at radius 1 is 0.301 bits per heavy atom. The fourth-order valence-corrected chi connectivity index (χ4v) is 10.3. The summed E-state index contributed by atoms with van der Waals surface area (Å²) in [5.41, 5.74) is -3.38. The van der Waals surface area contributed by atoms with Gasteiger partial charge in [-0.2, -0.15) is 11.8 Å². The van der Waals surface area contributed by atoms with E-state index in [4.69, 9.17) is 0 Å². The van der Waals surface area contributed by atoms with E-state index < -0.39 is 60.3 Å². The van der Waals surface area contributed by atoms with E-state index in [-0.39, 0.29) is 40.9 Å². The first-order chi connectivity index (χ1) is 39.9. The summed E-state index contributed by atoms with van der Waals surface area (Å²) >= 11 is 1.54. The molecule has 0 saturated heterocycles. The van der Waals surface area contributed by atoms with E-state index in [1.54, 1.807) is 0 Å². The lowest BCUT2D eigenvalue weighted by Gasteiger charge is -2.22. The number of thioether (sulfide) groups is 1. The van der Waals surface area contributed by atoms with Crippen LogP contribution in [0, 0.1) is 0 Å². The molecule has 1 unspecified atom stereocenters. The van der Waals surface area contributed by atoms with Crippen LogP contribution in [0.2, 0.25) is 0 Å². The maximum Gasteiger partial charge on any atom is 0.253 e. The average Bonchev–Trinajstić information content (AvgIpc) is 3.61. The van der Waals surface area contributed by atoms with Crippen molar-refractivity contribution in [2.75, 3.05) is 211 Å². The molecule has 1 aliphatic rings. The van der Waals surface area contributed by atoms with Crippen molar-refractivity contribution in [3.05, 3.63) is 102 Å². The van der Waals surface area contributed by atoms with E-state index in [0.717, 1.165) is 39.0 Å². The van der Waals surface area contributed by atoms with Crippen LogP contribution in [0.15, 0.2) is 47.9 Å². The van der Waals surface area contributed by atoms with Gasteiger partial charge in [-0.1, -0.05) is 0 Å². The number of hydrogen-bond acceptors (Lipinski definition) is 26. The number of nitrogens with zero attached hydrogens (tertiary/aromatic N) is 4. The molecule has 0 spiro atoms. The normalized spacial score (nSPS) is 19.5. The van der Waals surface area contributed by atoms with Gasteiger partial charge in [0.25, 0.3) is 54.3 Å². The molecule has 5 aromatic carbocycles. The summed E-state index contributed by atoms with van der Waals surface area (Å²) < 4.78 is 0. The molecule has 456 valence electrons. The van der Waals surface area contributed by atoms with Crippen LogP contribution in [0.3, 0.4) is 0 Å². The van der Waals surface area contributed by atoms with Crippen molar-refractivity contribution in [1.29, 1.82) is 0 Å². The predicted molar refractivity (Wildman–Crippen MR) is 338 cm³/mol. The molecule has 11 N–H and O–H groups in total. The Labute approximate surface area is 486 Å². The van der Waals surface area contributed by atoms with Crippen LogP contribution in [0.5, 0.6) is 0 Å². The van der Waals surface area contributed by atoms with Crippen molar-refractivity contribution >= 4 is 74.5 Å². The fourth-order valence-electron chi connectivity index (χ4n) is 9.88. The van der Waals surface area contributed by atoms with Crippen molar-refractivity contribution < 1.29 is 4.79 Å². The minimum absolute atomic E-state index is 0.0769. The molecule has 0 radical (unpaired) electrons. The average molecular weight is 1180 g/mol. The second kappa shape index (κ2) is 32.8. The van der Waals surface area contributed by atoms with Gasteiger partial charge in [0.15, 0.2) is 0 Å². The Kier molecular flexibility index (Phi) is 25.8. The van der Waals surface area contributed by atoms with Crippen LogP contribution in [-0.4, -0.2) is 190 Å². The highest BCUT2D eigenvalue weighted by Gasteiger charge is 2.28. The Morgan fingerprint density at radius 3 is 0.723 bits per heavy atom. The molecule has 6 rings (SSSR count). The molecule has 26 nitrogen and oxygen atoms in total. The molecule has 1 atom stereocenters. The molecule has 0 bridgehead atoms. The van der Waals surface area contributed by atoms with Crippen molar-refractivity contribution in [2.45, 2.75) is 70.3 Å². The molecule has 83 heavy (non-hydrogen) atoms. The number of carbonyl (C=O) groups excluding carboxylic acids is 1. The van der Waals surface area contributed by atoms with Gasteiger partial charge in [0.05, 0.1) is 0 Å². The molecule has 1 heterocycles. The lowest BCUT2D eigenvalue weighted by Crippen LogP contribution is -2.45. The first-order valence-corrected chi connectivity index (χ1v) is 30.4. The summed E-state index contributed by atoms with van der Waals surface area (Å²) in [5, 5.41) is 33.8. The van der Waals surface area contributed by atoms with E-state index in [9.17, 15) is 52.7 Å². The molecule has 27 heteroatoms. The Morgan fingerprint density at radius 2 is 0.494 bits per heavy atom. The summed E-state index contributed by atoms with van der Waals surface area (Å²) in [5.74, 6) is 0.268. The summed E-state index contributed by atoms with van der Waals surface area (Å²) in [7, 11) is 7.87. The van der Waals surface area contributed by atoms with E-state index in [1.165, 1.54) is 11.8 Å². The number of nitrogens with one attached hydrogen (secondary N) is 11. The number of hydrogen-bond donors (Lipinski definition) is 11. The standard InChI is InChI=1S/C56H85N15O11S/c1-68-26-7-18-58-37-36(46(72)47(37)73)57-16-6-17-66-56(82)35(15-34-83-5)67-45-44(54(80)55(45)81)65-25-14-33-71(4)32-13-24-64-43-42(52(78)53(43)79)63-23-12-31-70(3)30-11-22-62-41-40(50(76)51(41)77)61-21-10-29-69(2)28-9-20-60-39-38(48(74)49(39)75)59-19-8-27-68/h35,57-65,67H,6-34H2,1-5H3,(H,66,82). The number of anilines is 10. The second-order valence-electron chi connectivity index (χ2n) is 21.5. The number of fused-ring (bicyclic) bond motifs is 5. The third-order valence-corrected chi connectivity index (χ3v) is 15.5. The van der Waals surface area contributed by atoms with Crippen molar-refractivity contribution in [1.82, 2.24) is 24.9 Å². The summed E-state index contributed by atoms with van der Waals surface area (Å²) in [6.07, 6.45) is 8.30. The smallest absolute Gasteiger partial charge is 0.253 e. The van der Waals surface area contributed by atoms with Crippen LogP contribution in [-0.2, 0) is 4.79 Å². The third kappa shape index (κ3) is 18.0. The van der Waals surface area contributed by atoms with Gasteiger partial charge in [-0.3, -0.25) is 52.7 Å². The fraction of sp³-hybridized carbons (Fsp3) is 0.625. The highest BCUT2D eigenvalue weighted by molar-refractivity contribution is 7.98. The zero-order valence-electron chi connectivity index (χ0n) is 48.8. The van der Waals surface area contributed by atoms with Crippen LogP contribution in [0.1, 0.15) is 64.2 Å². The van der Waals surface area contributed by atoms with Crippen LogP contribution < -0.4 is 113 Å². The number of rotatable bonds is 3. The maximum atomic E-state index is 13.4. The minimum Gasteiger partial charge on any atom is -0.380 e. The topological polar surface area (TPSA) is 333 Å². The van der Waals surface area contributed by atoms with Gasteiger partial charge < -0.3 is 78.1 Å². The van der Waals surface area contributed by atoms with Gasteiger partial charge in [-0.05, 0) is 157 Å². The minimum atomic E-state index is -0.784. The second-order valence-corrected chi connectivity index (χ2v) is 22.5. The maximum absolute atomic E-state index is 13.4. The zero-order valence-corrected chi connectivity index (χ0v) is 49.6. The molecule has 0 aliphatic carbocycles. The highest BCUT2D eigenvalue weighted by Crippen LogP contribution is 2.20. The predicted octanol–water partition coefficient (Wildman–Crippen LogP) is -0.924. The van der Waals surface area contributed by atoms with Crippen LogP contribution in [0.25, 0.3) is 0 Å². The Hall–Kier alpha value is -6.94. The van der Waals surface area contributed by atoms with Crippen LogP contribution in [0.4, 0.5) is 56.9 Å². The molecule has 0 aromatic heterocycles. The van der Waals surface area contributed by atoms with Gasteiger partial charge >= 0.3 is 0 Å². The molecule has 5 aromatic rings. The van der Waals surface area contributed by atoms with Crippen molar-refractivity contribution in [3.63, 3.8) is 0 Å². The SMILES string of the molecule is CSCCC1Nc2c(c(=O)c2=O)NCCCN(C)CCCNc2c(c(=O)c2=O)NCCCN(C)CCCNc2c(c(=O)c2=O)NCCCN(C)CCCNc2c(c(=O)c2=O)NCCCN(C)CCCNc2c(c(=O)c2=O)NCCCNC1=O. The summed E-state index contributed by atoms with van der Waals surface area (Å²) in [6.45, 7) is 9.97. The van der Waals surface area contributed by atoms with Gasteiger partial charge in [-0.25, -0.2) is 0 Å². The van der Waals surface area contributed by atoms with Crippen molar-refractivity contribution in [3.8, 4) is 0 Å². The largest absolute Gasteiger partial charge is 0.380 e. The molecule has 0 fully saturated rings. The molecule has 1 amide bonds. The number of amides is 1. The quantitative estimate of drug-likeness (QED) is 0.0973. The van der Waals surface area contributed by atoms with E-state index in [0.29, 0.717) is 171 Å². The van der Waals surface area contributed by atoms with Gasteiger partial charge in [0, 0.05) is 65.4 Å². The lowest BCUT2D eigenvalue weighted by molar-refractivity contribution is -0.121. The lowest BCUT2D eigenvalue weighted by atomic mass is 10.1. The number of carbonyl (C=O) groups is 1. The third-order valence-electron chi connectivity index (χ3n) is 14.9. The van der Waals surface area contributed by atoms with E-state index in [2.05, 4.69) is 78.1 Å². The Bertz CT molecular complexity index is 3270. The molecule has 0 saturated carbocycles. The highest BCUT2D eigenvalue weighted by atomic mass is 32.2. The first kappa shape index (κ1) is 65.2. The van der Waals surface area contributed by atoms with Crippen LogP contribution >= 0.6 is 11.8 Å². The first-order valence-electron chi connectivity index (χ1n) is 29.0. The molecular formula is C56H85N15O11S. The summed E-state index contributed by atoms with van der Waals surface area (Å²) in [6, 6.07) is -0.784. The Balaban J connectivity index is 0.975. The van der Waals surface area contributed by atoms with E-state index >= 15 is 0 Å². The van der Waals surface area contributed by atoms with Crippen molar-refractivity contribution in [2.24, 2.45) is 0 Å². The van der Waals surface area contributed by atoms with Gasteiger partial charge in [0.2, 0.25) is 5.91 Å². The molecular weight excluding hydrogens is 1090 g/mol. The molecule has 1 aliphatic heterocycles. The summed E-state index contributed by atoms with van der Waals surface area (Å²) in [4.78, 5) is 147. The van der Waals surface area contributed by atoms with E-state index in [1.807, 2.05) is 34.4 Å².